The van der Waals surface area contributed by atoms with E-state index in [-0.39, 0.29) is 30.1 Å². The number of carbonyl (C=O) groups excluding carboxylic acids is 3. The zero-order valence-electron chi connectivity index (χ0n) is 16.6. The second-order valence-electron chi connectivity index (χ2n) is 6.40. The summed E-state index contributed by atoms with van der Waals surface area (Å²) in [7, 11) is 0. The van der Waals surface area contributed by atoms with Crippen molar-refractivity contribution >= 4 is 29.3 Å². The van der Waals surface area contributed by atoms with Gasteiger partial charge in [0.1, 0.15) is 5.75 Å². The van der Waals surface area contributed by atoms with Gasteiger partial charge in [-0.3, -0.25) is 9.59 Å². The SMILES string of the molecule is CCOC(=O)Oc1ccc(C(=O)Nc2ccccc2NC(=O)/C=C/C(C)C)cc1. The van der Waals surface area contributed by atoms with Crippen molar-refractivity contribution in [2.24, 2.45) is 5.92 Å². The van der Waals surface area contributed by atoms with Crippen LogP contribution in [-0.4, -0.2) is 24.6 Å². The van der Waals surface area contributed by atoms with E-state index in [1.54, 1.807) is 37.3 Å². The Morgan fingerprint density at radius 2 is 1.59 bits per heavy atom. The first-order valence-corrected chi connectivity index (χ1v) is 9.23. The van der Waals surface area contributed by atoms with E-state index in [9.17, 15) is 14.4 Å². The number of benzene rings is 2. The number of nitrogens with one attached hydrogen (secondary N) is 2. The van der Waals surface area contributed by atoms with Crippen molar-refractivity contribution in [3.63, 3.8) is 0 Å². The van der Waals surface area contributed by atoms with Gasteiger partial charge in [0.05, 0.1) is 18.0 Å². The number of allylic oxidation sites excluding steroid dienone is 1. The highest BCUT2D eigenvalue weighted by Crippen LogP contribution is 2.22. The fourth-order valence-electron chi connectivity index (χ4n) is 2.27. The molecule has 0 spiro atoms. The van der Waals surface area contributed by atoms with Gasteiger partial charge in [0, 0.05) is 5.56 Å². The molecular weight excluding hydrogens is 372 g/mol. The molecule has 0 saturated heterocycles. The second kappa shape index (κ2) is 10.7. The molecule has 0 saturated carbocycles. The van der Waals surface area contributed by atoms with E-state index in [1.807, 2.05) is 13.8 Å². The molecule has 0 heterocycles. The summed E-state index contributed by atoms with van der Waals surface area (Å²) in [5.74, 6) is -0.121. The minimum atomic E-state index is -0.805. The molecule has 2 N–H and O–H groups in total. The molecule has 2 amide bonds. The Bertz CT molecular complexity index is 888. The molecule has 2 aromatic rings. The Morgan fingerprint density at radius 1 is 0.966 bits per heavy atom. The molecule has 0 unspecified atom stereocenters. The molecular formula is C22H24N2O5. The van der Waals surface area contributed by atoms with Crippen molar-refractivity contribution in [2.75, 3.05) is 17.2 Å². The van der Waals surface area contributed by atoms with E-state index >= 15 is 0 Å². The molecule has 7 nitrogen and oxygen atoms in total. The minimum absolute atomic E-state index is 0.211. The van der Waals surface area contributed by atoms with Gasteiger partial charge >= 0.3 is 6.16 Å². The second-order valence-corrected chi connectivity index (χ2v) is 6.40. The van der Waals surface area contributed by atoms with Gasteiger partial charge in [-0.15, -0.1) is 0 Å². The van der Waals surface area contributed by atoms with E-state index in [0.717, 1.165) is 0 Å². The van der Waals surface area contributed by atoms with Crippen LogP contribution in [0.15, 0.2) is 60.7 Å². The normalized spacial score (nSPS) is 10.6. The average Bonchev–Trinajstić information content (AvgIpc) is 2.68. The molecule has 2 aromatic carbocycles. The van der Waals surface area contributed by atoms with Gasteiger partial charge in [0.2, 0.25) is 5.91 Å². The van der Waals surface area contributed by atoms with E-state index < -0.39 is 6.16 Å². The first-order chi connectivity index (χ1) is 13.9. The van der Waals surface area contributed by atoms with Gasteiger partial charge in [-0.05, 0) is 55.3 Å². The monoisotopic (exact) mass is 396 g/mol. The largest absolute Gasteiger partial charge is 0.513 e. The van der Waals surface area contributed by atoms with Crippen LogP contribution < -0.4 is 15.4 Å². The number of ether oxygens (including phenoxy) is 2. The summed E-state index contributed by atoms with van der Waals surface area (Å²) in [5.41, 5.74) is 1.32. The zero-order valence-corrected chi connectivity index (χ0v) is 16.6. The molecule has 0 aliphatic carbocycles. The highest BCUT2D eigenvalue weighted by atomic mass is 16.7. The Morgan fingerprint density at radius 3 is 2.17 bits per heavy atom. The lowest BCUT2D eigenvalue weighted by molar-refractivity contribution is -0.111. The van der Waals surface area contributed by atoms with Crippen molar-refractivity contribution in [2.45, 2.75) is 20.8 Å². The number of carbonyl (C=O) groups is 3. The lowest BCUT2D eigenvalue weighted by Crippen LogP contribution is -2.15. The lowest BCUT2D eigenvalue weighted by atomic mass is 10.2. The molecule has 29 heavy (non-hydrogen) atoms. The van der Waals surface area contributed by atoms with Crippen molar-refractivity contribution in [1.82, 2.24) is 0 Å². The molecule has 0 aromatic heterocycles. The summed E-state index contributed by atoms with van der Waals surface area (Å²) < 4.78 is 9.66. The molecule has 2 rings (SSSR count). The summed E-state index contributed by atoms with van der Waals surface area (Å²) in [6, 6.07) is 13.0. The smallest absolute Gasteiger partial charge is 0.434 e. The van der Waals surface area contributed by atoms with Gasteiger partial charge in [0.25, 0.3) is 5.91 Å². The first kappa shape index (κ1) is 21.7. The predicted molar refractivity (Wildman–Crippen MR) is 111 cm³/mol. The number of rotatable bonds is 7. The van der Waals surface area contributed by atoms with Crippen LogP contribution in [0, 0.1) is 5.92 Å². The Kier molecular flexibility index (Phi) is 7.97. The van der Waals surface area contributed by atoms with Crippen molar-refractivity contribution in [1.29, 1.82) is 0 Å². The number of hydrogen-bond donors (Lipinski definition) is 2. The molecule has 0 aliphatic rings. The Hall–Kier alpha value is -3.61. The quantitative estimate of drug-likeness (QED) is 0.404. The fourth-order valence-corrected chi connectivity index (χ4v) is 2.27. The third-order valence-electron chi connectivity index (χ3n) is 3.65. The van der Waals surface area contributed by atoms with Crippen LogP contribution in [0.25, 0.3) is 0 Å². The molecule has 0 radical (unpaired) electrons. The Labute approximate surface area is 169 Å². The van der Waals surface area contributed by atoms with Crippen LogP contribution in [0.2, 0.25) is 0 Å². The lowest BCUT2D eigenvalue weighted by Gasteiger charge is -2.12. The number of para-hydroxylation sites is 2. The molecule has 7 heteroatoms. The summed E-state index contributed by atoms with van der Waals surface area (Å²) in [4.78, 5) is 35.9. The predicted octanol–water partition coefficient (Wildman–Crippen LogP) is 4.62. The van der Waals surface area contributed by atoms with Crippen LogP contribution in [0.4, 0.5) is 16.2 Å². The van der Waals surface area contributed by atoms with Crippen LogP contribution in [0.5, 0.6) is 5.75 Å². The van der Waals surface area contributed by atoms with Crippen molar-refractivity contribution in [3.05, 3.63) is 66.2 Å². The highest BCUT2D eigenvalue weighted by Gasteiger charge is 2.11. The number of hydrogen-bond acceptors (Lipinski definition) is 5. The highest BCUT2D eigenvalue weighted by molar-refractivity contribution is 6.08. The minimum Gasteiger partial charge on any atom is -0.434 e. The molecule has 0 atom stereocenters. The Balaban J connectivity index is 2.05. The standard InChI is InChI=1S/C22H24N2O5/c1-4-28-22(27)29-17-12-10-16(11-13-17)21(26)24-19-8-6-5-7-18(19)23-20(25)14-9-15(2)3/h5-15H,4H2,1-3H3,(H,23,25)(H,24,26)/b14-9+. The first-order valence-electron chi connectivity index (χ1n) is 9.23. The fraction of sp³-hybridized carbons (Fsp3) is 0.227. The van der Waals surface area contributed by atoms with Gasteiger partial charge in [-0.2, -0.15) is 0 Å². The van der Waals surface area contributed by atoms with E-state index in [4.69, 9.17) is 9.47 Å². The molecule has 152 valence electrons. The van der Waals surface area contributed by atoms with Gasteiger partial charge in [-0.25, -0.2) is 4.79 Å². The van der Waals surface area contributed by atoms with Crippen LogP contribution in [-0.2, 0) is 9.53 Å². The van der Waals surface area contributed by atoms with Crippen LogP contribution in [0.3, 0.4) is 0 Å². The number of anilines is 2. The maximum Gasteiger partial charge on any atom is 0.513 e. The summed E-state index contributed by atoms with van der Waals surface area (Å²) in [6.45, 7) is 5.83. The van der Waals surface area contributed by atoms with Gasteiger partial charge in [0.15, 0.2) is 0 Å². The zero-order chi connectivity index (χ0) is 21.2. The van der Waals surface area contributed by atoms with Crippen molar-refractivity contribution in [3.8, 4) is 5.75 Å². The number of amides is 2. The summed E-state index contributed by atoms with van der Waals surface area (Å²) in [5, 5.41) is 5.52. The molecule has 0 bridgehead atoms. The third kappa shape index (κ3) is 7.14. The topological polar surface area (TPSA) is 93.7 Å². The molecule has 0 aliphatic heterocycles. The van der Waals surface area contributed by atoms with E-state index in [2.05, 4.69) is 10.6 Å². The van der Waals surface area contributed by atoms with Gasteiger partial charge in [-0.1, -0.05) is 32.1 Å². The van der Waals surface area contributed by atoms with E-state index in [1.165, 1.54) is 30.3 Å². The van der Waals surface area contributed by atoms with E-state index in [0.29, 0.717) is 16.9 Å². The maximum absolute atomic E-state index is 12.5. The average molecular weight is 396 g/mol. The third-order valence-corrected chi connectivity index (χ3v) is 3.65. The summed E-state index contributed by atoms with van der Waals surface area (Å²) >= 11 is 0. The molecule has 0 fully saturated rings. The van der Waals surface area contributed by atoms with Gasteiger partial charge < -0.3 is 20.1 Å². The van der Waals surface area contributed by atoms with Crippen LogP contribution >= 0.6 is 0 Å². The maximum atomic E-state index is 12.5. The summed E-state index contributed by atoms with van der Waals surface area (Å²) in [6.07, 6.45) is 2.45. The van der Waals surface area contributed by atoms with Crippen LogP contribution in [0.1, 0.15) is 31.1 Å². The van der Waals surface area contributed by atoms with Crippen molar-refractivity contribution < 1.29 is 23.9 Å².